The van der Waals surface area contributed by atoms with E-state index in [0.29, 0.717) is 0 Å². The number of rotatable bonds is 1. The second kappa shape index (κ2) is 13.8. The predicted octanol–water partition coefficient (Wildman–Crippen LogP) is 4.28. The Balaban J connectivity index is -0.000000122. The zero-order valence-corrected chi connectivity index (χ0v) is 23.2. The summed E-state index contributed by atoms with van der Waals surface area (Å²) in [5, 5.41) is 25.6. The molecule has 0 aliphatic carbocycles. The Kier molecular flexibility index (Phi) is 18.3. The fraction of sp³-hybridized carbons (Fsp3) is 0.750. The summed E-state index contributed by atoms with van der Waals surface area (Å²) in [6.45, 7) is 15.7. The molecule has 0 aliphatic heterocycles. The minimum Gasteiger partial charge on any atom is 0 e. The molecule has 150 valence electrons. The Bertz CT molecular complexity index is 342. The Labute approximate surface area is 179 Å². The van der Waals surface area contributed by atoms with Gasteiger partial charge in [-0.15, -0.1) is 0 Å². The molecule has 3 N–H and O–H groups in total. The van der Waals surface area contributed by atoms with Crippen molar-refractivity contribution < 1.29 is 41.5 Å². The molecule has 0 saturated heterocycles. The van der Waals surface area contributed by atoms with Gasteiger partial charge in [0.2, 0.25) is 0 Å². The molecule has 5 heteroatoms. The predicted molar refractivity (Wildman–Crippen MR) is 111 cm³/mol. The zero-order valence-electron chi connectivity index (χ0n) is 18.7. The van der Waals surface area contributed by atoms with Gasteiger partial charge in [-0.1, -0.05) is 0 Å². The second-order valence-corrected chi connectivity index (χ2v) is 20.6. The van der Waals surface area contributed by atoms with Crippen molar-refractivity contribution in [2.75, 3.05) is 0 Å². The Morgan fingerprint density at radius 2 is 0.760 bits per heavy atom. The third-order valence-electron chi connectivity index (χ3n) is 1.53. The van der Waals surface area contributed by atoms with Crippen LogP contribution in [0.25, 0.3) is 0 Å². The summed E-state index contributed by atoms with van der Waals surface area (Å²) in [7, 11) is 0. The van der Waals surface area contributed by atoms with Crippen molar-refractivity contribution in [3.05, 3.63) is 24.3 Å². The summed E-state index contributed by atoms with van der Waals surface area (Å²) < 4.78 is 1.61. The van der Waals surface area contributed by atoms with E-state index in [0.717, 1.165) is 0 Å². The summed E-state index contributed by atoms with van der Waals surface area (Å²) in [4.78, 5) is 0. The molecule has 0 aliphatic rings. The van der Waals surface area contributed by atoms with Crippen LogP contribution in [0.1, 0.15) is 62.3 Å². The Morgan fingerprint density at radius 1 is 0.600 bits per heavy atom. The first kappa shape index (κ1) is 33.3. The molecule has 0 heterocycles. The van der Waals surface area contributed by atoms with Gasteiger partial charge in [-0.3, -0.25) is 0 Å². The van der Waals surface area contributed by atoms with Crippen molar-refractivity contribution >= 4 is 17.7 Å². The minimum absolute atomic E-state index is 0. The van der Waals surface area contributed by atoms with Crippen LogP contribution in [-0.2, 0) is 26.2 Å². The maximum absolute atomic E-state index is 8.52. The quantitative estimate of drug-likeness (QED) is 0.403. The summed E-state index contributed by atoms with van der Waals surface area (Å²) in [5.41, 5.74) is -1.50. The smallest absolute Gasteiger partial charge is 0 e. The van der Waals surface area contributed by atoms with Crippen LogP contribution >= 0.6 is 0 Å². The summed E-state index contributed by atoms with van der Waals surface area (Å²) >= 11 is -1.44. The van der Waals surface area contributed by atoms with Gasteiger partial charge in [0.25, 0.3) is 0 Å². The summed E-state index contributed by atoms with van der Waals surface area (Å²) in [6, 6.07) is 8.76. The standard InChI is InChI=1S/C8H13Ge.3C4H10O.Zr/c1-9(2,3)8-6-4-5-7-8;3*1-4(2,3)5;/h4-7H,1-3H3;3*5H,1-3H3;/q-1;;;;. The van der Waals surface area contributed by atoms with E-state index >= 15 is 0 Å². The molecule has 0 radical (unpaired) electrons. The van der Waals surface area contributed by atoms with Crippen LogP contribution in [0.5, 0.6) is 0 Å². The molecule has 0 aromatic heterocycles. The number of hydrogen-bond donors (Lipinski definition) is 3. The molecular weight excluding hydrogens is 452 g/mol. The van der Waals surface area contributed by atoms with E-state index in [9.17, 15) is 0 Å². The molecule has 0 atom stereocenters. The van der Waals surface area contributed by atoms with E-state index in [1.807, 2.05) is 0 Å². The number of aliphatic hydroxyl groups is 3. The normalized spacial score (nSPS) is 11.5. The third-order valence-corrected chi connectivity index (χ3v) is 5.86. The van der Waals surface area contributed by atoms with Gasteiger partial charge in [0, 0.05) is 26.2 Å². The van der Waals surface area contributed by atoms with Crippen LogP contribution in [0, 0.1) is 0 Å². The topological polar surface area (TPSA) is 60.7 Å². The van der Waals surface area contributed by atoms with Crippen molar-refractivity contribution in [1.82, 2.24) is 0 Å². The second-order valence-electron chi connectivity index (χ2n) is 9.94. The molecule has 3 nitrogen and oxygen atoms in total. The molecule has 0 unspecified atom stereocenters. The van der Waals surface area contributed by atoms with Crippen LogP contribution in [0.4, 0.5) is 0 Å². The molecule has 1 aromatic carbocycles. The van der Waals surface area contributed by atoms with E-state index in [-0.39, 0.29) is 26.2 Å². The number of hydrogen-bond acceptors (Lipinski definition) is 3. The fourth-order valence-electron chi connectivity index (χ4n) is 0.874. The third kappa shape index (κ3) is 67.9. The minimum atomic E-state index is -1.44. The average Bonchev–Trinajstić information content (AvgIpc) is 2.58. The van der Waals surface area contributed by atoms with E-state index in [4.69, 9.17) is 15.3 Å². The SMILES string of the molecule is CC(C)(C)O.CC(C)(C)O.CC(C)(C)O.[CH3][Ge]([CH3])([CH3])[c-]1cccc1.[Zr]. The van der Waals surface area contributed by atoms with Gasteiger partial charge in [-0.05, 0) is 62.3 Å². The molecule has 0 fully saturated rings. The first-order chi connectivity index (χ1) is 10.1. The average molecular weight is 495 g/mol. The van der Waals surface area contributed by atoms with Gasteiger partial charge in [0.1, 0.15) is 0 Å². The van der Waals surface area contributed by atoms with E-state index in [2.05, 4.69) is 41.5 Å². The molecule has 0 amide bonds. The molecule has 1 aromatic rings. The van der Waals surface area contributed by atoms with Gasteiger partial charge in [0.05, 0.1) is 16.8 Å². The van der Waals surface area contributed by atoms with Crippen LogP contribution in [-0.4, -0.2) is 45.4 Å². The van der Waals surface area contributed by atoms with Crippen molar-refractivity contribution in [1.29, 1.82) is 0 Å². The maximum atomic E-state index is 8.52. The van der Waals surface area contributed by atoms with Crippen molar-refractivity contribution in [2.24, 2.45) is 0 Å². The van der Waals surface area contributed by atoms with Gasteiger partial charge in [-0.25, -0.2) is 0 Å². The van der Waals surface area contributed by atoms with E-state index in [1.54, 1.807) is 66.7 Å². The van der Waals surface area contributed by atoms with Crippen LogP contribution < -0.4 is 4.40 Å². The van der Waals surface area contributed by atoms with Gasteiger partial charge in [0.15, 0.2) is 0 Å². The van der Waals surface area contributed by atoms with E-state index in [1.165, 1.54) is 0 Å². The first-order valence-electron chi connectivity index (χ1n) is 8.50. The van der Waals surface area contributed by atoms with E-state index < -0.39 is 30.1 Å². The summed E-state index contributed by atoms with van der Waals surface area (Å²) in [5.74, 6) is 7.24. The van der Waals surface area contributed by atoms with Gasteiger partial charge >= 0.3 is 59.2 Å². The summed E-state index contributed by atoms with van der Waals surface area (Å²) in [6.07, 6.45) is 0. The van der Waals surface area contributed by atoms with Crippen molar-refractivity contribution in [3.8, 4) is 0 Å². The Morgan fingerprint density at radius 3 is 0.840 bits per heavy atom. The van der Waals surface area contributed by atoms with Gasteiger partial charge < -0.3 is 15.3 Å². The first-order valence-corrected chi connectivity index (χ1v) is 15.8. The molecule has 25 heavy (non-hydrogen) atoms. The maximum Gasteiger partial charge on any atom is 0 e. The Hall–Kier alpha value is 0.656. The monoisotopic (exact) mass is 495 g/mol. The van der Waals surface area contributed by atoms with Crippen LogP contribution in [0.2, 0.25) is 17.3 Å². The zero-order chi connectivity index (χ0) is 20.4. The molecule has 0 spiro atoms. The van der Waals surface area contributed by atoms with Crippen LogP contribution in [0.15, 0.2) is 24.3 Å². The van der Waals surface area contributed by atoms with Gasteiger partial charge in [-0.2, -0.15) is 0 Å². The molecule has 0 saturated carbocycles. The van der Waals surface area contributed by atoms with Crippen molar-refractivity contribution in [3.63, 3.8) is 0 Å². The molecule has 1 rings (SSSR count). The largest absolute Gasteiger partial charge is 0 e. The fourth-order valence-corrected chi connectivity index (χ4v) is 3.38. The van der Waals surface area contributed by atoms with Crippen molar-refractivity contribution in [2.45, 2.75) is 96.4 Å². The molecule has 0 bridgehead atoms. The van der Waals surface area contributed by atoms with Crippen LogP contribution in [0.3, 0.4) is 0 Å². The molecular formula is C20H43GeO3Zr-.